The Bertz CT molecular complexity index is 1260. The molecule has 0 spiro atoms. The highest BCUT2D eigenvalue weighted by Crippen LogP contribution is 2.51. The molecule has 4 nitrogen and oxygen atoms in total. The van der Waals surface area contributed by atoms with Crippen LogP contribution in [0.25, 0.3) is 0 Å². The van der Waals surface area contributed by atoms with Gasteiger partial charge in [-0.3, -0.25) is 4.79 Å². The normalized spacial score (nSPS) is 26.1. The molecule has 2 N–H and O–H groups in total. The van der Waals surface area contributed by atoms with Crippen molar-refractivity contribution >= 4 is 45.9 Å². The summed E-state index contributed by atoms with van der Waals surface area (Å²) in [5.74, 6) is 2.53. The standard InChI is InChI=1S/C30H33ClN2O2S/c1-20-13-21-15-22(14-20)18-30(2,17-21)24-7-12-29(27(31)16-24)32-25-8-10-26(11-9-25)36(35)33-28-6-4-3-5-23(28)19-34/h3-12,16,19-22,32-33H,13-15,17-18H2,1-2H3. The van der Waals surface area contributed by atoms with Gasteiger partial charge in [0.1, 0.15) is 11.0 Å². The monoisotopic (exact) mass is 520 g/mol. The van der Waals surface area contributed by atoms with E-state index in [1.165, 1.54) is 37.7 Å². The van der Waals surface area contributed by atoms with Gasteiger partial charge in [0, 0.05) is 11.3 Å². The van der Waals surface area contributed by atoms with Crippen LogP contribution < -0.4 is 10.0 Å². The summed E-state index contributed by atoms with van der Waals surface area (Å²) >= 11 is 6.76. The van der Waals surface area contributed by atoms with Gasteiger partial charge in [0.25, 0.3) is 0 Å². The minimum atomic E-state index is -1.48. The van der Waals surface area contributed by atoms with Crippen LogP contribution in [0.4, 0.5) is 17.1 Å². The summed E-state index contributed by atoms with van der Waals surface area (Å²) in [6.07, 6.45) is 7.37. The molecular weight excluding hydrogens is 488 g/mol. The second kappa shape index (κ2) is 10.4. The van der Waals surface area contributed by atoms with Crippen molar-refractivity contribution in [2.24, 2.45) is 17.8 Å². The minimum Gasteiger partial charge on any atom is -0.354 e. The quantitative estimate of drug-likeness (QED) is 0.309. The molecule has 0 aliphatic heterocycles. The Balaban J connectivity index is 1.26. The number of carbonyl (C=O) groups is 1. The molecule has 3 aromatic carbocycles. The second-order valence-electron chi connectivity index (χ2n) is 10.9. The first kappa shape index (κ1) is 25.0. The lowest BCUT2D eigenvalue weighted by Gasteiger charge is -2.47. The van der Waals surface area contributed by atoms with Crippen LogP contribution in [0.3, 0.4) is 0 Å². The first-order chi connectivity index (χ1) is 17.3. The maximum absolute atomic E-state index is 12.8. The van der Waals surface area contributed by atoms with Crippen LogP contribution in [-0.4, -0.2) is 10.5 Å². The Labute approximate surface area is 221 Å². The van der Waals surface area contributed by atoms with Gasteiger partial charge in [-0.05, 0) is 109 Å². The lowest BCUT2D eigenvalue weighted by Crippen LogP contribution is -2.38. The molecule has 0 radical (unpaired) electrons. The maximum Gasteiger partial charge on any atom is 0.152 e. The highest BCUT2D eigenvalue weighted by atomic mass is 35.5. The number of hydrogen-bond donors (Lipinski definition) is 2. The Hall–Kier alpha value is -2.63. The number of anilines is 3. The van der Waals surface area contributed by atoms with Crippen LogP contribution in [0.15, 0.2) is 71.6 Å². The molecule has 2 bridgehead atoms. The van der Waals surface area contributed by atoms with E-state index in [4.69, 9.17) is 11.6 Å². The number of aldehydes is 1. The van der Waals surface area contributed by atoms with Crippen molar-refractivity contribution in [3.63, 3.8) is 0 Å². The molecule has 0 amide bonds. The maximum atomic E-state index is 12.8. The van der Waals surface area contributed by atoms with Crippen LogP contribution in [0.1, 0.15) is 61.9 Å². The van der Waals surface area contributed by atoms with Crippen molar-refractivity contribution in [2.45, 2.75) is 56.3 Å². The highest BCUT2D eigenvalue weighted by Gasteiger charge is 2.41. The van der Waals surface area contributed by atoms with Crippen molar-refractivity contribution in [1.29, 1.82) is 0 Å². The van der Waals surface area contributed by atoms with Crippen LogP contribution in [0.5, 0.6) is 0 Å². The van der Waals surface area contributed by atoms with E-state index in [1.807, 2.05) is 12.1 Å². The zero-order chi connectivity index (χ0) is 25.3. The van der Waals surface area contributed by atoms with E-state index in [2.05, 4.69) is 42.1 Å². The molecule has 0 aromatic heterocycles. The Morgan fingerprint density at radius 2 is 1.64 bits per heavy atom. The van der Waals surface area contributed by atoms with Gasteiger partial charge < -0.3 is 10.0 Å². The second-order valence-corrected chi connectivity index (χ2v) is 12.6. The smallest absolute Gasteiger partial charge is 0.152 e. The van der Waals surface area contributed by atoms with E-state index >= 15 is 0 Å². The molecule has 2 aliphatic carbocycles. The predicted molar refractivity (Wildman–Crippen MR) is 150 cm³/mol. The van der Waals surface area contributed by atoms with E-state index < -0.39 is 11.0 Å². The fourth-order valence-corrected chi connectivity index (χ4v) is 7.60. The third kappa shape index (κ3) is 5.37. The molecule has 5 rings (SSSR count). The lowest BCUT2D eigenvalue weighted by molar-refractivity contribution is 0.0899. The molecule has 3 aromatic rings. The largest absolute Gasteiger partial charge is 0.354 e. The molecular formula is C30H33ClN2O2S. The minimum absolute atomic E-state index is 0.192. The van der Waals surface area contributed by atoms with Crippen LogP contribution in [0, 0.1) is 17.8 Å². The van der Waals surface area contributed by atoms with Gasteiger partial charge in [-0.25, -0.2) is 4.21 Å². The van der Waals surface area contributed by atoms with Gasteiger partial charge in [0.15, 0.2) is 6.29 Å². The van der Waals surface area contributed by atoms with E-state index in [-0.39, 0.29) is 5.41 Å². The number of rotatable bonds is 7. The molecule has 0 saturated heterocycles. The van der Waals surface area contributed by atoms with Gasteiger partial charge in [0.05, 0.1) is 21.3 Å². The topological polar surface area (TPSA) is 58.2 Å². The first-order valence-electron chi connectivity index (χ1n) is 12.7. The fraction of sp³-hybridized carbons (Fsp3) is 0.367. The molecule has 2 saturated carbocycles. The Morgan fingerprint density at radius 3 is 2.31 bits per heavy atom. The van der Waals surface area contributed by atoms with Crippen molar-refractivity contribution < 1.29 is 9.00 Å². The number of hydrogen-bond acceptors (Lipinski definition) is 3. The third-order valence-corrected chi connectivity index (χ3v) is 9.34. The van der Waals surface area contributed by atoms with Gasteiger partial charge >= 0.3 is 0 Å². The predicted octanol–water partition coefficient (Wildman–Crippen LogP) is 8.13. The highest BCUT2D eigenvalue weighted by molar-refractivity contribution is 7.86. The van der Waals surface area contributed by atoms with Gasteiger partial charge in [-0.2, -0.15) is 0 Å². The molecule has 188 valence electrons. The summed E-state index contributed by atoms with van der Waals surface area (Å²) < 4.78 is 15.7. The average molecular weight is 521 g/mol. The lowest BCUT2D eigenvalue weighted by atomic mass is 9.57. The van der Waals surface area contributed by atoms with Crippen molar-refractivity contribution in [3.8, 4) is 0 Å². The van der Waals surface area contributed by atoms with E-state index in [9.17, 15) is 9.00 Å². The average Bonchev–Trinajstić information content (AvgIpc) is 2.85. The summed E-state index contributed by atoms with van der Waals surface area (Å²) in [6.45, 7) is 4.83. The van der Waals surface area contributed by atoms with E-state index in [1.54, 1.807) is 36.4 Å². The van der Waals surface area contributed by atoms with Crippen molar-refractivity contribution in [3.05, 3.63) is 82.9 Å². The molecule has 6 heteroatoms. The number of halogens is 1. The number of nitrogens with one attached hydrogen (secondary N) is 2. The number of carbonyl (C=O) groups excluding carboxylic acids is 1. The number of fused-ring (bicyclic) bond motifs is 2. The number of para-hydroxylation sites is 1. The summed E-state index contributed by atoms with van der Waals surface area (Å²) in [5.41, 5.74) is 4.28. The summed E-state index contributed by atoms with van der Waals surface area (Å²) in [4.78, 5) is 11.8. The van der Waals surface area contributed by atoms with Crippen LogP contribution in [-0.2, 0) is 16.4 Å². The number of benzene rings is 3. The summed E-state index contributed by atoms with van der Waals surface area (Å²) in [5, 5.41) is 4.12. The Kier molecular flexibility index (Phi) is 7.23. The van der Waals surface area contributed by atoms with E-state index in [0.29, 0.717) is 16.1 Å². The van der Waals surface area contributed by atoms with Crippen molar-refractivity contribution in [2.75, 3.05) is 10.0 Å². The molecule has 36 heavy (non-hydrogen) atoms. The fourth-order valence-electron chi connectivity index (χ4n) is 6.49. The zero-order valence-corrected chi connectivity index (χ0v) is 22.4. The molecule has 3 unspecified atom stereocenters. The molecule has 0 heterocycles. The van der Waals surface area contributed by atoms with Gasteiger partial charge in [0.2, 0.25) is 0 Å². The SMILES string of the molecule is CC1CC2CC(C1)CC(C)(c1ccc(Nc3ccc(S(=O)Nc4ccccc4C=O)cc3)c(Cl)c1)C2. The summed E-state index contributed by atoms with van der Waals surface area (Å²) in [6, 6.07) is 20.8. The summed E-state index contributed by atoms with van der Waals surface area (Å²) in [7, 11) is -1.48. The van der Waals surface area contributed by atoms with Gasteiger partial charge in [-0.1, -0.05) is 43.6 Å². The van der Waals surface area contributed by atoms with Crippen LogP contribution in [0.2, 0.25) is 5.02 Å². The van der Waals surface area contributed by atoms with Gasteiger partial charge in [-0.15, -0.1) is 0 Å². The third-order valence-electron chi connectivity index (χ3n) is 7.92. The zero-order valence-electron chi connectivity index (χ0n) is 20.8. The van der Waals surface area contributed by atoms with Crippen molar-refractivity contribution in [1.82, 2.24) is 0 Å². The molecule has 2 aliphatic rings. The van der Waals surface area contributed by atoms with Crippen LogP contribution >= 0.6 is 11.6 Å². The Morgan fingerprint density at radius 1 is 0.944 bits per heavy atom. The molecule has 2 fully saturated rings. The van der Waals surface area contributed by atoms with E-state index in [0.717, 1.165) is 40.4 Å². The first-order valence-corrected chi connectivity index (χ1v) is 14.3. The molecule has 3 atom stereocenters.